The second-order valence-electron chi connectivity index (χ2n) is 5.99. The topological polar surface area (TPSA) is 75.4 Å². The maximum Gasteiger partial charge on any atom is 0.227 e. The lowest BCUT2D eigenvalue weighted by atomic mass is 10.0. The van der Waals surface area contributed by atoms with E-state index in [0.29, 0.717) is 36.1 Å². The van der Waals surface area contributed by atoms with E-state index in [1.165, 1.54) is 0 Å². The van der Waals surface area contributed by atoms with E-state index in [4.69, 9.17) is 28.9 Å². The van der Waals surface area contributed by atoms with Gasteiger partial charge in [0.2, 0.25) is 11.8 Å². The fourth-order valence-corrected chi connectivity index (χ4v) is 3.40. The van der Waals surface area contributed by atoms with Crippen LogP contribution >= 0.6 is 23.2 Å². The van der Waals surface area contributed by atoms with E-state index in [1.54, 1.807) is 18.2 Å². The largest absolute Gasteiger partial charge is 0.354 e. The number of halogens is 2. The molecule has 1 aliphatic heterocycles. The average molecular weight is 372 g/mol. The lowest BCUT2D eigenvalue weighted by Crippen LogP contribution is -2.50. The second kappa shape index (κ2) is 9.25. The summed E-state index contributed by atoms with van der Waals surface area (Å²) in [7, 11) is 0. The predicted molar refractivity (Wildman–Crippen MR) is 96.2 cm³/mol. The van der Waals surface area contributed by atoms with E-state index in [1.807, 2.05) is 4.90 Å². The van der Waals surface area contributed by atoms with Gasteiger partial charge >= 0.3 is 0 Å². The number of carbonyl (C=O) groups is 2. The van der Waals surface area contributed by atoms with Crippen LogP contribution in [0.15, 0.2) is 18.2 Å². The molecule has 0 aliphatic carbocycles. The fraction of sp³-hybridized carbons (Fsp3) is 0.529. The number of rotatable bonds is 6. The van der Waals surface area contributed by atoms with Gasteiger partial charge in [-0.1, -0.05) is 29.3 Å². The molecular formula is C17H23Cl2N3O2. The Balaban J connectivity index is 1.98. The van der Waals surface area contributed by atoms with Crippen molar-refractivity contribution in [1.82, 2.24) is 10.2 Å². The molecule has 132 valence electrons. The molecule has 1 saturated heterocycles. The highest BCUT2D eigenvalue weighted by Crippen LogP contribution is 2.23. The first-order valence-corrected chi connectivity index (χ1v) is 8.97. The highest BCUT2D eigenvalue weighted by Gasteiger charge is 2.27. The molecule has 0 bridgehead atoms. The SMILES string of the molecule is NCCC(=O)NCC1CCCCN1C(=O)Cc1ccc(Cl)cc1Cl. The van der Waals surface area contributed by atoms with Gasteiger partial charge in [0, 0.05) is 42.1 Å². The maximum absolute atomic E-state index is 12.7. The molecule has 7 heteroatoms. The van der Waals surface area contributed by atoms with Gasteiger partial charge in [-0.3, -0.25) is 9.59 Å². The van der Waals surface area contributed by atoms with Crippen molar-refractivity contribution in [2.45, 2.75) is 38.1 Å². The zero-order valence-corrected chi connectivity index (χ0v) is 15.1. The minimum atomic E-state index is -0.0729. The minimum absolute atomic E-state index is 0.0250. The van der Waals surface area contributed by atoms with E-state index >= 15 is 0 Å². The van der Waals surface area contributed by atoms with Gasteiger partial charge in [0.15, 0.2) is 0 Å². The van der Waals surface area contributed by atoms with E-state index in [0.717, 1.165) is 24.8 Å². The molecule has 0 aromatic heterocycles. The van der Waals surface area contributed by atoms with Crippen LogP contribution in [0.1, 0.15) is 31.2 Å². The summed E-state index contributed by atoms with van der Waals surface area (Å²) >= 11 is 12.1. The summed E-state index contributed by atoms with van der Waals surface area (Å²) in [6.45, 7) is 1.51. The Labute approximate surface area is 152 Å². The molecule has 5 nitrogen and oxygen atoms in total. The predicted octanol–water partition coefficient (Wildman–Crippen LogP) is 2.38. The molecule has 1 heterocycles. The molecule has 1 atom stereocenters. The number of likely N-dealkylation sites (tertiary alicyclic amines) is 1. The Hall–Kier alpha value is -1.30. The van der Waals surface area contributed by atoms with Crippen molar-refractivity contribution >= 4 is 35.0 Å². The lowest BCUT2D eigenvalue weighted by molar-refractivity contribution is -0.134. The van der Waals surface area contributed by atoms with Crippen LogP contribution in [0.25, 0.3) is 0 Å². The van der Waals surface area contributed by atoms with Crippen LogP contribution in [0.5, 0.6) is 0 Å². The summed E-state index contributed by atoms with van der Waals surface area (Å²) in [4.78, 5) is 26.2. The molecule has 1 aliphatic rings. The van der Waals surface area contributed by atoms with Gasteiger partial charge < -0.3 is 16.0 Å². The lowest BCUT2D eigenvalue weighted by Gasteiger charge is -2.36. The molecule has 3 N–H and O–H groups in total. The van der Waals surface area contributed by atoms with Gasteiger partial charge in [0.25, 0.3) is 0 Å². The Bertz CT molecular complexity index is 595. The van der Waals surface area contributed by atoms with Gasteiger partial charge in [-0.25, -0.2) is 0 Å². The van der Waals surface area contributed by atoms with Crippen molar-refractivity contribution in [3.05, 3.63) is 33.8 Å². The monoisotopic (exact) mass is 371 g/mol. The van der Waals surface area contributed by atoms with Gasteiger partial charge in [-0.2, -0.15) is 0 Å². The number of nitrogens with zero attached hydrogens (tertiary/aromatic N) is 1. The number of hydrogen-bond acceptors (Lipinski definition) is 3. The smallest absolute Gasteiger partial charge is 0.227 e. The fourth-order valence-electron chi connectivity index (χ4n) is 2.92. The van der Waals surface area contributed by atoms with Gasteiger partial charge in [0.05, 0.1) is 6.42 Å². The zero-order valence-electron chi connectivity index (χ0n) is 13.6. The summed E-state index contributed by atoms with van der Waals surface area (Å²) < 4.78 is 0. The standard InChI is InChI=1S/C17H23Cl2N3O2/c18-13-5-4-12(15(19)10-13)9-17(24)22-8-2-1-3-14(22)11-21-16(23)6-7-20/h4-5,10,14H,1-3,6-9,11,20H2,(H,21,23). The van der Waals surface area contributed by atoms with Crippen LogP contribution in [0.2, 0.25) is 10.0 Å². The first kappa shape index (κ1) is 19.0. The molecular weight excluding hydrogens is 349 g/mol. The minimum Gasteiger partial charge on any atom is -0.354 e. The average Bonchev–Trinajstić information content (AvgIpc) is 2.56. The summed E-state index contributed by atoms with van der Waals surface area (Å²) in [5.41, 5.74) is 6.14. The molecule has 24 heavy (non-hydrogen) atoms. The Kier molecular flexibility index (Phi) is 7.34. The quantitative estimate of drug-likeness (QED) is 0.805. The molecule has 1 fully saturated rings. The molecule has 0 radical (unpaired) electrons. The molecule has 1 aromatic carbocycles. The summed E-state index contributed by atoms with van der Waals surface area (Å²) in [5, 5.41) is 3.92. The zero-order chi connectivity index (χ0) is 17.5. The number of nitrogens with two attached hydrogens (primary N) is 1. The number of nitrogens with one attached hydrogen (secondary N) is 1. The van der Waals surface area contributed by atoms with Crippen LogP contribution in [-0.4, -0.2) is 42.4 Å². The van der Waals surface area contributed by atoms with E-state index < -0.39 is 0 Å². The summed E-state index contributed by atoms with van der Waals surface area (Å²) in [5.74, 6) is -0.0479. The van der Waals surface area contributed by atoms with Gasteiger partial charge in [-0.15, -0.1) is 0 Å². The number of amides is 2. The highest BCUT2D eigenvalue weighted by molar-refractivity contribution is 6.35. The molecule has 0 saturated carbocycles. The van der Waals surface area contributed by atoms with Crippen molar-refractivity contribution in [3.63, 3.8) is 0 Å². The third-order valence-corrected chi connectivity index (χ3v) is 4.80. The van der Waals surface area contributed by atoms with Crippen LogP contribution in [0.3, 0.4) is 0 Å². The highest BCUT2D eigenvalue weighted by atomic mass is 35.5. The van der Waals surface area contributed by atoms with E-state index in [2.05, 4.69) is 5.32 Å². The molecule has 2 amide bonds. The van der Waals surface area contributed by atoms with Crippen molar-refractivity contribution in [3.8, 4) is 0 Å². The Morgan fingerprint density at radius 3 is 2.79 bits per heavy atom. The summed E-state index contributed by atoms with van der Waals surface area (Å²) in [6.07, 6.45) is 3.48. The van der Waals surface area contributed by atoms with Crippen LogP contribution in [-0.2, 0) is 16.0 Å². The number of benzene rings is 1. The second-order valence-corrected chi connectivity index (χ2v) is 6.84. The number of piperidine rings is 1. The Morgan fingerprint density at radius 2 is 2.08 bits per heavy atom. The van der Waals surface area contributed by atoms with Crippen molar-refractivity contribution < 1.29 is 9.59 Å². The summed E-state index contributed by atoms with van der Waals surface area (Å²) in [6, 6.07) is 5.19. The number of carbonyl (C=O) groups excluding carboxylic acids is 2. The number of hydrogen-bond donors (Lipinski definition) is 2. The molecule has 1 aromatic rings. The van der Waals surface area contributed by atoms with Crippen molar-refractivity contribution in [1.29, 1.82) is 0 Å². The van der Waals surface area contributed by atoms with Crippen LogP contribution < -0.4 is 11.1 Å². The molecule has 2 rings (SSSR count). The Morgan fingerprint density at radius 1 is 1.29 bits per heavy atom. The third kappa shape index (κ3) is 5.36. The van der Waals surface area contributed by atoms with Crippen molar-refractivity contribution in [2.75, 3.05) is 19.6 Å². The maximum atomic E-state index is 12.7. The van der Waals surface area contributed by atoms with Gasteiger partial charge in [0.1, 0.15) is 0 Å². The van der Waals surface area contributed by atoms with Crippen LogP contribution in [0, 0.1) is 0 Å². The third-order valence-electron chi connectivity index (χ3n) is 4.21. The van der Waals surface area contributed by atoms with Crippen molar-refractivity contribution in [2.24, 2.45) is 5.73 Å². The van der Waals surface area contributed by atoms with Gasteiger partial charge in [-0.05, 0) is 37.0 Å². The van der Waals surface area contributed by atoms with E-state index in [9.17, 15) is 9.59 Å². The molecule has 1 unspecified atom stereocenters. The molecule has 0 spiro atoms. The first-order valence-electron chi connectivity index (χ1n) is 8.21. The van der Waals surface area contributed by atoms with Crippen LogP contribution in [0.4, 0.5) is 0 Å². The normalized spacial score (nSPS) is 17.6. The van der Waals surface area contributed by atoms with E-state index in [-0.39, 0.29) is 24.3 Å². The first-order chi connectivity index (χ1) is 11.5.